The Bertz CT molecular complexity index is 448. The van der Waals surface area contributed by atoms with E-state index < -0.39 is 12.7 Å². The summed E-state index contributed by atoms with van der Waals surface area (Å²) in [6.45, 7) is 2.11. The van der Waals surface area contributed by atoms with Gasteiger partial charge in [-0.15, -0.1) is 0 Å². The molecule has 1 aliphatic rings. The largest absolute Gasteiger partial charge is 0.437 e. The summed E-state index contributed by atoms with van der Waals surface area (Å²) in [6.07, 6.45) is -4.16. The molecular formula is C12H15F3N2O2. The number of hydrogen-bond donors (Lipinski definition) is 0. The summed E-state index contributed by atoms with van der Waals surface area (Å²) in [5.74, 6) is 0.645. The third-order valence-corrected chi connectivity index (χ3v) is 3.03. The second-order valence-corrected chi connectivity index (χ2v) is 4.57. The third-order valence-electron chi connectivity index (χ3n) is 3.03. The van der Waals surface area contributed by atoms with Crippen molar-refractivity contribution in [2.45, 2.75) is 13.1 Å². The van der Waals surface area contributed by atoms with Crippen molar-refractivity contribution >= 4 is 11.7 Å². The van der Waals surface area contributed by atoms with Crippen molar-refractivity contribution in [2.75, 3.05) is 37.6 Å². The number of furan rings is 1. The van der Waals surface area contributed by atoms with E-state index in [1.807, 2.05) is 4.90 Å². The van der Waals surface area contributed by atoms with Crippen LogP contribution in [0, 0.1) is 0 Å². The topological polar surface area (TPSA) is 36.7 Å². The molecule has 0 aromatic carbocycles. The first-order valence-corrected chi connectivity index (χ1v) is 6.00. The highest BCUT2D eigenvalue weighted by Crippen LogP contribution is 2.22. The van der Waals surface area contributed by atoms with E-state index in [4.69, 9.17) is 4.42 Å². The van der Waals surface area contributed by atoms with Gasteiger partial charge in [0.05, 0.1) is 6.54 Å². The van der Waals surface area contributed by atoms with Gasteiger partial charge in [0.1, 0.15) is 0 Å². The number of rotatable bonds is 3. The Morgan fingerprint density at radius 3 is 2.37 bits per heavy atom. The molecule has 0 radical (unpaired) electrons. The van der Waals surface area contributed by atoms with E-state index in [2.05, 4.69) is 0 Å². The van der Waals surface area contributed by atoms with Crippen LogP contribution in [0.25, 0.3) is 0 Å². The van der Waals surface area contributed by atoms with Crippen LogP contribution in [0.4, 0.5) is 19.1 Å². The molecule has 0 bridgehead atoms. The quantitative estimate of drug-likeness (QED) is 0.793. The van der Waals surface area contributed by atoms with Crippen LogP contribution in [0.2, 0.25) is 0 Å². The molecule has 1 saturated heterocycles. The van der Waals surface area contributed by atoms with E-state index in [0.717, 1.165) is 0 Å². The van der Waals surface area contributed by atoms with Crippen LogP contribution in [0.15, 0.2) is 16.5 Å². The smallest absolute Gasteiger partial charge is 0.401 e. The Hall–Kier alpha value is -1.50. The summed E-state index contributed by atoms with van der Waals surface area (Å²) in [4.78, 5) is 14.3. The van der Waals surface area contributed by atoms with Gasteiger partial charge in [-0.1, -0.05) is 0 Å². The average Bonchev–Trinajstić information content (AvgIpc) is 2.77. The number of carbonyl (C=O) groups is 1. The molecule has 7 heteroatoms. The maximum Gasteiger partial charge on any atom is 0.401 e. The van der Waals surface area contributed by atoms with Crippen LogP contribution >= 0.6 is 0 Å². The number of carbonyl (C=O) groups excluding carboxylic acids is 1. The molecule has 0 saturated carbocycles. The fourth-order valence-electron chi connectivity index (χ4n) is 2.07. The maximum atomic E-state index is 12.2. The van der Waals surface area contributed by atoms with Crippen molar-refractivity contribution in [3.8, 4) is 0 Å². The lowest BCUT2D eigenvalue weighted by atomic mass is 10.3. The van der Waals surface area contributed by atoms with Crippen LogP contribution in [-0.2, 0) is 0 Å². The van der Waals surface area contributed by atoms with E-state index in [9.17, 15) is 18.0 Å². The molecule has 0 atom stereocenters. The summed E-state index contributed by atoms with van der Waals surface area (Å²) in [7, 11) is 0. The predicted molar refractivity (Wildman–Crippen MR) is 63.4 cm³/mol. The molecule has 1 aromatic heterocycles. The third kappa shape index (κ3) is 3.73. The van der Waals surface area contributed by atoms with Crippen molar-refractivity contribution in [2.24, 2.45) is 0 Å². The fraction of sp³-hybridized carbons (Fsp3) is 0.583. The fourth-order valence-corrected chi connectivity index (χ4v) is 2.07. The van der Waals surface area contributed by atoms with Gasteiger partial charge in [-0.05, 0) is 6.07 Å². The Labute approximate surface area is 108 Å². The monoisotopic (exact) mass is 276 g/mol. The highest BCUT2D eigenvalue weighted by Gasteiger charge is 2.32. The lowest BCUT2D eigenvalue weighted by Crippen LogP contribution is -2.49. The highest BCUT2D eigenvalue weighted by atomic mass is 19.4. The molecule has 1 fully saturated rings. The normalized spacial score (nSPS) is 17.8. The van der Waals surface area contributed by atoms with Crippen LogP contribution in [0.1, 0.15) is 17.5 Å². The van der Waals surface area contributed by atoms with Gasteiger partial charge in [0.25, 0.3) is 0 Å². The SMILES string of the molecule is CC(=O)c1ccc(N2CCN(CC(F)(F)F)CC2)o1. The number of nitrogens with zero attached hydrogens (tertiary/aromatic N) is 2. The average molecular weight is 276 g/mol. The second kappa shape index (κ2) is 5.24. The Balaban J connectivity index is 1.90. The molecule has 0 unspecified atom stereocenters. The van der Waals surface area contributed by atoms with Gasteiger partial charge >= 0.3 is 6.18 Å². The number of halogens is 3. The number of anilines is 1. The van der Waals surface area contributed by atoms with Crippen molar-refractivity contribution in [3.63, 3.8) is 0 Å². The van der Waals surface area contributed by atoms with Crippen molar-refractivity contribution in [1.29, 1.82) is 0 Å². The number of Topliss-reactive ketones (excluding diaryl/α,β-unsaturated/α-hetero) is 1. The minimum Gasteiger partial charge on any atom is -0.437 e. The summed E-state index contributed by atoms with van der Waals surface area (Å²) >= 11 is 0. The molecule has 1 aromatic rings. The van der Waals surface area contributed by atoms with Gasteiger partial charge in [0, 0.05) is 39.2 Å². The second-order valence-electron chi connectivity index (χ2n) is 4.57. The zero-order valence-electron chi connectivity index (χ0n) is 10.5. The number of hydrogen-bond acceptors (Lipinski definition) is 4. The first-order valence-electron chi connectivity index (χ1n) is 6.00. The number of ketones is 1. The van der Waals surface area contributed by atoms with E-state index in [1.54, 1.807) is 12.1 Å². The van der Waals surface area contributed by atoms with E-state index in [1.165, 1.54) is 11.8 Å². The maximum absolute atomic E-state index is 12.2. The molecule has 106 valence electrons. The van der Waals surface area contributed by atoms with E-state index in [0.29, 0.717) is 32.1 Å². The zero-order valence-corrected chi connectivity index (χ0v) is 10.5. The number of alkyl halides is 3. The molecule has 2 heterocycles. The van der Waals surface area contributed by atoms with Crippen LogP contribution in [0.5, 0.6) is 0 Å². The predicted octanol–water partition coefficient (Wildman–Crippen LogP) is 2.17. The molecule has 4 nitrogen and oxygen atoms in total. The van der Waals surface area contributed by atoms with Crippen molar-refractivity contribution in [1.82, 2.24) is 4.90 Å². The summed E-state index contributed by atoms with van der Waals surface area (Å²) < 4.78 is 42.1. The van der Waals surface area contributed by atoms with Gasteiger partial charge < -0.3 is 9.32 Å². The molecule has 0 aliphatic carbocycles. The molecule has 0 amide bonds. The lowest BCUT2D eigenvalue weighted by Gasteiger charge is -2.34. The molecule has 0 spiro atoms. The first kappa shape index (κ1) is 13.9. The first-order chi connectivity index (χ1) is 8.85. The summed E-state index contributed by atoms with van der Waals surface area (Å²) in [6, 6.07) is 3.26. The molecule has 1 aliphatic heterocycles. The van der Waals surface area contributed by atoms with Crippen molar-refractivity contribution in [3.05, 3.63) is 17.9 Å². The standard InChI is InChI=1S/C12H15F3N2O2/c1-9(18)10-2-3-11(19-10)17-6-4-16(5-7-17)8-12(13,14)15/h2-3H,4-8H2,1H3. The molecule has 19 heavy (non-hydrogen) atoms. The molecule has 2 rings (SSSR count). The number of piperazine rings is 1. The van der Waals surface area contributed by atoms with Crippen molar-refractivity contribution < 1.29 is 22.4 Å². The zero-order chi connectivity index (χ0) is 14.0. The minimum atomic E-state index is -4.16. The van der Waals surface area contributed by atoms with Gasteiger partial charge in [0.15, 0.2) is 17.4 Å². The van der Waals surface area contributed by atoms with Gasteiger partial charge in [-0.3, -0.25) is 9.69 Å². The Morgan fingerprint density at radius 2 is 1.89 bits per heavy atom. The highest BCUT2D eigenvalue weighted by molar-refractivity contribution is 5.91. The van der Waals surface area contributed by atoms with Gasteiger partial charge in [-0.25, -0.2) is 0 Å². The summed E-state index contributed by atoms with van der Waals surface area (Å²) in [5, 5.41) is 0. The van der Waals surface area contributed by atoms with Crippen LogP contribution < -0.4 is 4.90 Å². The van der Waals surface area contributed by atoms with E-state index >= 15 is 0 Å². The van der Waals surface area contributed by atoms with Gasteiger partial charge in [0.2, 0.25) is 0 Å². The summed E-state index contributed by atoms with van der Waals surface area (Å²) in [5.41, 5.74) is 0. The minimum absolute atomic E-state index is 0.165. The lowest BCUT2D eigenvalue weighted by molar-refractivity contribution is -0.146. The Morgan fingerprint density at radius 1 is 1.26 bits per heavy atom. The van der Waals surface area contributed by atoms with Gasteiger partial charge in [-0.2, -0.15) is 13.2 Å². The van der Waals surface area contributed by atoms with Crippen LogP contribution in [-0.4, -0.2) is 49.6 Å². The van der Waals surface area contributed by atoms with E-state index in [-0.39, 0.29) is 11.5 Å². The Kier molecular flexibility index (Phi) is 3.84. The molecule has 0 N–H and O–H groups in total. The molecular weight excluding hydrogens is 261 g/mol. The van der Waals surface area contributed by atoms with Crippen LogP contribution in [0.3, 0.4) is 0 Å².